The Morgan fingerprint density at radius 1 is 0.920 bits per heavy atom. The molecule has 0 unspecified atom stereocenters. The van der Waals surface area contributed by atoms with E-state index in [1.165, 1.54) is 12.8 Å². The molecule has 0 saturated carbocycles. The SMILES string of the molecule is CCN1CCN(C(=O)c2cc(C(=O)N3CCCCCC3)ccn2)CC1. The molecule has 0 radical (unpaired) electrons. The Morgan fingerprint density at radius 2 is 1.56 bits per heavy atom. The molecule has 0 spiro atoms. The molecule has 6 heteroatoms. The first-order chi connectivity index (χ1) is 12.2. The molecule has 25 heavy (non-hydrogen) atoms. The van der Waals surface area contributed by atoms with Crippen molar-refractivity contribution >= 4 is 11.8 Å². The summed E-state index contributed by atoms with van der Waals surface area (Å²) < 4.78 is 0. The van der Waals surface area contributed by atoms with Gasteiger partial charge < -0.3 is 14.7 Å². The highest BCUT2D eigenvalue weighted by Crippen LogP contribution is 2.15. The lowest BCUT2D eigenvalue weighted by atomic mass is 10.1. The predicted molar refractivity (Wildman–Crippen MR) is 96.6 cm³/mol. The summed E-state index contributed by atoms with van der Waals surface area (Å²) >= 11 is 0. The van der Waals surface area contributed by atoms with Gasteiger partial charge in [0.2, 0.25) is 0 Å². The van der Waals surface area contributed by atoms with Gasteiger partial charge in [0.25, 0.3) is 11.8 Å². The lowest BCUT2D eigenvalue weighted by molar-refractivity contribution is 0.0637. The van der Waals surface area contributed by atoms with Crippen LogP contribution in [-0.2, 0) is 0 Å². The van der Waals surface area contributed by atoms with Gasteiger partial charge in [0.05, 0.1) is 0 Å². The minimum absolute atomic E-state index is 0.0224. The number of rotatable bonds is 3. The quantitative estimate of drug-likeness (QED) is 0.840. The summed E-state index contributed by atoms with van der Waals surface area (Å²) in [5.74, 6) is -0.0459. The molecule has 3 rings (SSSR count). The van der Waals surface area contributed by atoms with Gasteiger partial charge in [0.15, 0.2) is 0 Å². The van der Waals surface area contributed by atoms with Gasteiger partial charge >= 0.3 is 0 Å². The van der Waals surface area contributed by atoms with E-state index in [4.69, 9.17) is 0 Å². The van der Waals surface area contributed by atoms with Crippen molar-refractivity contribution in [3.8, 4) is 0 Å². The topological polar surface area (TPSA) is 56.8 Å². The second-order valence-electron chi connectivity index (χ2n) is 6.86. The summed E-state index contributed by atoms with van der Waals surface area (Å²) in [6, 6.07) is 3.39. The van der Waals surface area contributed by atoms with E-state index in [0.29, 0.717) is 11.3 Å². The first-order valence-corrected chi connectivity index (χ1v) is 9.46. The standard InChI is InChI=1S/C19H28N4O2/c1-2-21-11-13-23(14-12-21)19(25)17-15-16(7-8-20-17)18(24)22-9-5-3-4-6-10-22/h7-8,15H,2-6,9-14H2,1H3. The monoisotopic (exact) mass is 344 g/mol. The van der Waals surface area contributed by atoms with Crippen molar-refractivity contribution in [1.29, 1.82) is 0 Å². The average Bonchev–Trinajstić information content (AvgIpc) is 2.96. The van der Waals surface area contributed by atoms with Crippen LogP contribution in [0, 0.1) is 0 Å². The van der Waals surface area contributed by atoms with Gasteiger partial charge in [0, 0.05) is 51.0 Å². The van der Waals surface area contributed by atoms with Crippen LogP contribution in [-0.4, -0.2) is 77.3 Å². The maximum Gasteiger partial charge on any atom is 0.272 e. The Morgan fingerprint density at radius 3 is 2.20 bits per heavy atom. The number of piperazine rings is 1. The number of nitrogens with zero attached hydrogens (tertiary/aromatic N) is 4. The summed E-state index contributed by atoms with van der Waals surface area (Å²) in [6.07, 6.45) is 6.08. The van der Waals surface area contributed by atoms with Crippen LogP contribution in [0.4, 0.5) is 0 Å². The third kappa shape index (κ3) is 4.37. The molecule has 136 valence electrons. The van der Waals surface area contributed by atoms with Crippen LogP contribution < -0.4 is 0 Å². The molecule has 3 heterocycles. The van der Waals surface area contributed by atoms with E-state index in [1.54, 1.807) is 18.3 Å². The highest BCUT2D eigenvalue weighted by Gasteiger charge is 2.24. The minimum Gasteiger partial charge on any atom is -0.339 e. The van der Waals surface area contributed by atoms with Crippen LogP contribution in [0.2, 0.25) is 0 Å². The van der Waals surface area contributed by atoms with Crippen molar-refractivity contribution in [1.82, 2.24) is 19.7 Å². The molecule has 6 nitrogen and oxygen atoms in total. The van der Waals surface area contributed by atoms with Gasteiger partial charge in [0.1, 0.15) is 5.69 Å². The Labute approximate surface area is 149 Å². The Balaban J connectivity index is 1.68. The van der Waals surface area contributed by atoms with Crippen molar-refractivity contribution in [2.75, 3.05) is 45.8 Å². The number of carbonyl (C=O) groups is 2. The highest BCUT2D eigenvalue weighted by atomic mass is 16.2. The molecule has 0 N–H and O–H groups in total. The number of hydrogen-bond donors (Lipinski definition) is 0. The highest BCUT2D eigenvalue weighted by molar-refractivity contribution is 5.98. The van der Waals surface area contributed by atoms with Crippen molar-refractivity contribution in [3.05, 3.63) is 29.6 Å². The fraction of sp³-hybridized carbons (Fsp3) is 0.632. The summed E-state index contributed by atoms with van der Waals surface area (Å²) in [7, 11) is 0. The number of likely N-dealkylation sites (N-methyl/N-ethyl adjacent to an activating group) is 1. The molecule has 0 atom stereocenters. The number of amides is 2. The second-order valence-corrected chi connectivity index (χ2v) is 6.86. The lowest BCUT2D eigenvalue weighted by Crippen LogP contribution is -2.48. The molecule has 0 aliphatic carbocycles. The summed E-state index contributed by atoms with van der Waals surface area (Å²) in [6.45, 7) is 8.00. The molecule has 2 amide bonds. The number of likely N-dealkylation sites (tertiary alicyclic amines) is 1. The fourth-order valence-electron chi connectivity index (χ4n) is 3.57. The van der Waals surface area contributed by atoms with Crippen LogP contribution in [0.25, 0.3) is 0 Å². The van der Waals surface area contributed by atoms with E-state index in [9.17, 15) is 9.59 Å². The Hall–Kier alpha value is -1.95. The largest absolute Gasteiger partial charge is 0.339 e. The van der Waals surface area contributed by atoms with E-state index in [1.807, 2.05) is 9.80 Å². The smallest absolute Gasteiger partial charge is 0.272 e. The Kier molecular flexibility index (Phi) is 6.02. The third-order valence-corrected chi connectivity index (χ3v) is 5.23. The molecule has 0 bridgehead atoms. The maximum absolute atomic E-state index is 12.8. The zero-order chi connectivity index (χ0) is 17.6. The molecule has 1 aromatic heterocycles. The number of aromatic nitrogens is 1. The van der Waals surface area contributed by atoms with E-state index in [-0.39, 0.29) is 11.8 Å². The van der Waals surface area contributed by atoms with Gasteiger partial charge in [-0.3, -0.25) is 14.6 Å². The predicted octanol–water partition coefficient (Wildman–Crippen LogP) is 1.88. The summed E-state index contributed by atoms with van der Waals surface area (Å²) in [5.41, 5.74) is 0.957. The normalized spacial score (nSPS) is 19.6. The van der Waals surface area contributed by atoms with E-state index in [2.05, 4.69) is 16.8 Å². The third-order valence-electron chi connectivity index (χ3n) is 5.23. The molecule has 2 fully saturated rings. The number of pyridine rings is 1. The van der Waals surface area contributed by atoms with Gasteiger partial charge in [-0.15, -0.1) is 0 Å². The van der Waals surface area contributed by atoms with Gasteiger partial charge in [-0.1, -0.05) is 19.8 Å². The van der Waals surface area contributed by atoms with E-state index in [0.717, 1.165) is 58.7 Å². The number of carbonyl (C=O) groups excluding carboxylic acids is 2. The van der Waals surface area contributed by atoms with Crippen LogP contribution in [0.3, 0.4) is 0 Å². The molecular weight excluding hydrogens is 316 g/mol. The molecule has 2 aliphatic heterocycles. The zero-order valence-corrected chi connectivity index (χ0v) is 15.1. The molecular formula is C19H28N4O2. The molecule has 2 aliphatic rings. The first-order valence-electron chi connectivity index (χ1n) is 9.46. The molecule has 0 aromatic carbocycles. The Bertz CT molecular complexity index is 603. The van der Waals surface area contributed by atoms with Crippen LogP contribution in [0.15, 0.2) is 18.3 Å². The van der Waals surface area contributed by atoms with Gasteiger partial charge in [-0.25, -0.2) is 0 Å². The van der Waals surface area contributed by atoms with Crippen LogP contribution >= 0.6 is 0 Å². The van der Waals surface area contributed by atoms with E-state index >= 15 is 0 Å². The summed E-state index contributed by atoms with van der Waals surface area (Å²) in [5, 5.41) is 0. The van der Waals surface area contributed by atoms with Gasteiger partial charge in [-0.2, -0.15) is 0 Å². The van der Waals surface area contributed by atoms with Crippen molar-refractivity contribution in [2.45, 2.75) is 32.6 Å². The first kappa shape index (κ1) is 17.9. The molecule has 2 saturated heterocycles. The van der Waals surface area contributed by atoms with Crippen molar-refractivity contribution in [2.24, 2.45) is 0 Å². The zero-order valence-electron chi connectivity index (χ0n) is 15.1. The van der Waals surface area contributed by atoms with Crippen LogP contribution in [0.1, 0.15) is 53.5 Å². The average molecular weight is 344 g/mol. The van der Waals surface area contributed by atoms with E-state index < -0.39 is 0 Å². The van der Waals surface area contributed by atoms with Crippen molar-refractivity contribution < 1.29 is 9.59 Å². The fourth-order valence-corrected chi connectivity index (χ4v) is 3.57. The lowest BCUT2D eigenvalue weighted by Gasteiger charge is -2.33. The van der Waals surface area contributed by atoms with Crippen LogP contribution in [0.5, 0.6) is 0 Å². The summed E-state index contributed by atoms with van der Waals surface area (Å²) in [4.78, 5) is 35.8. The molecule has 1 aromatic rings. The van der Waals surface area contributed by atoms with Crippen molar-refractivity contribution in [3.63, 3.8) is 0 Å². The van der Waals surface area contributed by atoms with Gasteiger partial charge in [-0.05, 0) is 31.5 Å². The second kappa shape index (κ2) is 8.43. The number of hydrogen-bond acceptors (Lipinski definition) is 4. The maximum atomic E-state index is 12.8. The minimum atomic E-state index is -0.0683.